The van der Waals surface area contributed by atoms with Crippen molar-refractivity contribution in [1.82, 2.24) is 15.0 Å². The van der Waals surface area contributed by atoms with Gasteiger partial charge < -0.3 is 24.3 Å². The van der Waals surface area contributed by atoms with Crippen LogP contribution < -0.4 is 24.5 Å². The summed E-state index contributed by atoms with van der Waals surface area (Å²) in [7, 11) is -2.69. The number of nitrogens with one attached hydrogen (secondary N) is 2. The quantitative estimate of drug-likeness (QED) is 0.234. The summed E-state index contributed by atoms with van der Waals surface area (Å²) in [5.41, 5.74) is -0.106. The van der Waals surface area contributed by atoms with E-state index in [0.717, 1.165) is 4.90 Å². The number of methoxy groups -OCH3 is 1. The summed E-state index contributed by atoms with van der Waals surface area (Å²) >= 11 is 1.48. The Balaban J connectivity index is 1.89. The second-order valence-corrected chi connectivity index (χ2v) is 10.1. The Kier molecular flexibility index (Phi) is 8.51. The third-order valence-corrected chi connectivity index (χ3v) is 7.18. The number of hydrogen-bond donors (Lipinski definition) is 3. The number of benzene rings is 2. The molecule has 0 atom stereocenters. The molecule has 4 rings (SSSR count). The van der Waals surface area contributed by atoms with E-state index in [0.29, 0.717) is 11.3 Å². The number of thioether (sulfide) groups is 1. The number of H-pyrrole nitrogens is 1. The number of aliphatic hydroxyl groups excluding tert-OH is 1. The molecular formula is C25H24N4O7S2. The van der Waals surface area contributed by atoms with Crippen molar-refractivity contribution in [3.05, 3.63) is 77.2 Å². The molecule has 3 N–H and O–H groups in total. The predicted octanol–water partition coefficient (Wildman–Crippen LogP) is 3.53. The maximum absolute atomic E-state index is 13.4. The summed E-state index contributed by atoms with van der Waals surface area (Å²) in [4.78, 5) is 24.1. The van der Waals surface area contributed by atoms with Crippen molar-refractivity contribution in [3.63, 3.8) is 0 Å². The highest BCUT2D eigenvalue weighted by molar-refractivity contribution is 7.98. The minimum atomic E-state index is -4.15. The van der Waals surface area contributed by atoms with Gasteiger partial charge in [0.2, 0.25) is 11.3 Å². The molecular weight excluding hydrogens is 532 g/mol. The van der Waals surface area contributed by atoms with Crippen molar-refractivity contribution in [2.24, 2.45) is 0 Å². The number of hydrogen-bond acceptors (Lipinski definition) is 10. The monoisotopic (exact) mass is 556 g/mol. The van der Waals surface area contributed by atoms with E-state index < -0.39 is 15.6 Å². The number of aliphatic hydroxyl groups is 1. The highest BCUT2D eigenvalue weighted by atomic mass is 32.2. The van der Waals surface area contributed by atoms with Gasteiger partial charge in [0.1, 0.15) is 6.61 Å². The first-order chi connectivity index (χ1) is 18.3. The third-order valence-electron chi connectivity index (χ3n) is 5.08. The number of aromatic amines is 1. The van der Waals surface area contributed by atoms with Gasteiger partial charge in [0.15, 0.2) is 23.1 Å². The van der Waals surface area contributed by atoms with Crippen molar-refractivity contribution in [2.45, 2.75) is 9.79 Å². The predicted molar refractivity (Wildman–Crippen MR) is 143 cm³/mol. The molecule has 38 heavy (non-hydrogen) atoms. The molecule has 198 valence electrons. The van der Waals surface area contributed by atoms with E-state index in [2.05, 4.69) is 19.7 Å². The molecule has 2 heterocycles. The smallest absolute Gasteiger partial charge is 0.263 e. The van der Waals surface area contributed by atoms with Crippen molar-refractivity contribution in [3.8, 4) is 34.5 Å². The van der Waals surface area contributed by atoms with Gasteiger partial charge in [-0.15, -0.1) is 11.8 Å². The number of sulfonamides is 1. The average Bonchev–Trinajstić information content (AvgIpc) is 2.93. The molecule has 0 bridgehead atoms. The summed E-state index contributed by atoms with van der Waals surface area (Å²) in [5, 5.41) is 9.37. The van der Waals surface area contributed by atoms with Crippen LogP contribution >= 0.6 is 11.8 Å². The number of nitrogens with zero attached hydrogens (tertiary/aromatic N) is 2. The van der Waals surface area contributed by atoms with Crippen molar-refractivity contribution in [1.29, 1.82) is 0 Å². The second kappa shape index (κ2) is 12.0. The van der Waals surface area contributed by atoms with Crippen LogP contribution in [0.25, 0.3) is 11.4 Å². The maximum Gasteiger partial charge on any atom is 0.263 e. The number of para-hydroxylation sites is 2. The van der Waals surface area contributed by atoms with Crippen LogP contribution in [0.2, 0.25) is 0 Å². The minimum Gasteiger partial charge on any atom is -0.493 e. The van der Waals surface area contributed by atoms with Gasteiger partial charge in [-0.3, -0.25) is 9.52 Å². The van der Waals surface area contributed by atoms with Gasteiger partial charge in [-0.2, -0.15) is 4.98 Å². The molecule has 0 saturated carbocycles. The lowest BCUT2D eigenvalue weighted by atomic mass is 10.2. The molecule has 13 heteroatoms. The van der Waals surface area contributed by atoms with Gasteiger partial charge in [-0.25, -0.2) is 13.4 Å². The van der Waals surface area contributed by atoms with Crippen LogP contribution in [0.5, 0.6) is 23.1 Å². The summed E-state index contributed by atoms with van der Waals surface area (Å²) in [6.07, 6.45) is 3.29. The molecule has 2 aromatic carbocycles. The molecule has 0 aliphatic rings. The zero-order valence-corrected chi connectivity index (χ0v) is 22.0. The van der Waals surface area contributed by atoms with Crippen LogP contribution in [-0.2, 0) is 10.0 Å². The van der Waals surface area contributed by atoms with Gasteiger partial charge >= 0.3 is 0 Å². The Labute approximate surface area is 222 Å². The van der Waals surface area contributed by atoms with Gasteiger partial charge in [-0.05, 0) is 48.7 Å². The topological polar surface area (TPSA) is 153 Å². The average molecular weight is 557 g/mol. The zero-order chi connectivity index (χ0) is 27.1. The number of ether oxygens (including phenoxy) is 3. The molecule has 0 amide bonds. The van der Waals surface area contributed by atoms with E-state index in [1.807, 2.05) is 6.26 Å². The summed E-state index contributed by atoms with van der Waals surface area (Å²) in [6.45, 7) is -0.516. The standard InChI is InChI=1S/C25H24N4O7S2/c1-34-19-5-3-4-6-20(19)36-22-24(29-38(32,33)18-9-7-17(37-2)8-10-18)27-23(28-25(22)35-14-13-30)16-11-12-26-21(31)15-16/h3-12,15,30H,13-14H2,1-2H3,(H,26,31)(H,27,28,29). The second-order valence-electron chi connectivity index (χ2n) is 7.58. The largest absolute Gasteiger partial charge is 0.493 e. The normalized spacial score (nSPS) is 11.1. The number of aromatic nitrogens is 3. The molecule has 0 unspecified atom stereocenters. The highest BCUT2D eigenvalue weighted by Gasteiger charge is 2.25. The summed E-state index contributed by atoms with van der Waals surface area (Å²) in [5.74, 6) is 0.0169. The van der Waals surface area contributed by atoms with Crippen LogP contribution in [-0.4, -0.2) is 55.1 Å². The zero-order valence-electron chi connectivity index (χ0n) is 20.4. The Morgan fingerprint density at radius 3 is 2.45 bits per heavy atom. The maximum atomic E-state index is 13.4. The first-order valence-corrected chi connectivity index (χ1v) is 13.9. The van der Waals surface area contributed by atoms with E-state index in [1.165, 1.54) is 43.3 Å². The van der Waals surface area contributed by atoms with Crippen LogP contribution in [0.15, 0.2) is 81.4 Å². The van der Waals surface area contributed by atoms with E-state index in [-0.39, 0.29) is 47.1 Å². The SMILES string of the molecule is COc1ccccc1Oc1c(NS(=O)(=O)c2ccc(SC)cc2)nc(-c2cc[nH]c(=O)c2)nc1OCCO. The fourth-order valence-corrected chi connectivity index (χ4v) is 4.71. The van der Waals surface area contributed by atoms with Crippen molar-refractivity contribution < 1.29 is 27.7 Å². The molecule has 0 spiro atoms. The van der Waals surface area contributed by atoms with E-state index in [4.69, 9.17) is 14.2 Å². The van der Waals surface area contributed by atoms with Crippen molar-refractivity contribution in [2.75, 3.05) is 31.3 Å². The molecule has 2 aromatic heterocycles. The Bertz CT molecular complexity index is 1580. The lowest BCUT2D eigenvalue weighted by Crippen LogP contribution is -2.16. The molecule has 0 saturated heterocycles. The van der Waals surface area contributed by atoms with E-state index in [1.54, 1.807) is 42.5 Å². The fraction of sp³-hybridized carbons (Fsp3) is 0.160. The van der Waals surface area contributed by atoms with Gasteiger partial charge in [0, 0.05) is 22.7 Å². The van der Waals surface area contributed by atoms with Gasteiger partial charge in [0.25, 0.3) is 15.9 Å². The summed E-state index contributed by atoms with van der Waals surface area (Å²) in [6, 6.07) is 15.8. The lowest BCUT2D eigenvalue weighted by molar-refractivity contribution is 0.192. The number of pyridine rings is 1. The first-order valence-electron chi connectivity index (χ1n) is 11.2. The van der Waals surface area contributed by atoms with Crippen LogP contribution in [0.3, 0.4) is 0 Å². The Hall–Kier alpha value is -4.07. The number of anilines is 1. The first kappa shape index (κ1) is 27.0. The third kappa shape index (κ3) is 6.25. The minimum absolute atomic E-state index is 0.00677. The van der Waals surface area contributed by atoms with Crippen molar-refractivity contribution >= 4 is 27.6 Å². The molecule has 0 aliphatic carbocycles. The highest BCUT2D eigenvalue weighted by Crippen LogP contribution is 2.41. The molecule has 11 nitrogen and oxygen atoms in total. The number of rotatable bonds is 11. The lowest BCUT2D eigenvalue weighted by Gasteiger charge is -2.18. The summed E-state index contributed by atoms with van der Waals surface area (Å²) < 4.78 is 46.2. The Morgan fingerprint density at radius 1 is 1.05 bits per heavy atom. The van der Waals surface area contributed by atoms with E-state index >= 15 is 0 Å². The fourth-order valence-electron chi connectivity index (χ4n) is 3.30. The van der Waals surface area contributed by atoms with E-state index in [9.17, 15) is 18.3 Å². The molecule has 0 radical (unpaired) electrons. The Morgan fingerprint density at radius 2 is 1.79 bits per heavy atom. The van der Waals surface area contributed by atoms with Gasteiger partial charge in [0.05, 0.1) is 18.6 Å². The van der Waals surface area contributed by atoms with Crippen LogP contribution in [0.4, 0.5) is 5.82 Å². The van der Waals surface area contributed by atoms with Crippen LogP contribution in [0, 0.1) is 0 Å². The molecule has 0 fully saturated rings. The van der Waals surface area contributed by atoms with Gasteiger partial charge in [-0.1, -0.05) is 12.1 Å². The molecule has 0 aliphatic heterocycles. The van der Waals surface area contributed by atoms with Crippen LogP contribution in [0.1, 0.15) is 0 Å². The molecule has 4 aromatic rings.